The smallest absolute Gasteiger partial charge is 0.0937 e. The molecular weight excluding hydrogens is 216 g/mol. The van der Waals surface area contributed by atoms with Crippen molar-refractivity contribution >= 4 is 5.84 Å². The van der Waals surface area contributed by atoms with Crippen molar-refractivity contribution < 1.29 is 4.74 Å². The highest BCUT2D eigenvalue weighted by atomic mass is 16.5. The molecule has 0 radical (unpaired) electrons. The Hall–Kier alpha value is -0.650. The van der Waals surface area contributed by atoms with Crippen LogP contribution in [0.1, 0.15) is 12.8 Å². The van der Waals surface area contributed by atoms with E-state index in [0.717, 1.165) is 52.2 Å². The fraction of sp³-hybridized carbons (Fsp3) is 0.917. The van der Waals surface area contributed by atoms with Crippen molar-refractivity contribution in [2.75, 3.05) is 46.4 Å². The van der Waals surface area contributed by atoms with E-state index >= 15 is 0 Å². The third-order valence-corrected chi connectivity index (χ3v) is 3.83. The van der Waals surface area contributed by atoms with Gasteiger partial charge in [-0.1, -0.05) is 0 Å². The third-order valence-electron chi connectivity index (χ3n) is 3.83. The summed E-state index contributed by atoms with van der Waals surface area (Å²) in [5, 5.41) is 7.46. The van der Waals surface area contributed by atoms with Crippen molar-refractivity contribution in [2.24, 2.45) is 11.7 Å². The van der Waals surface area contributed by atoms with E-state index < -0.39 is 0 Å². The normalized spacial score (nSPS) is 29.4. The van der Waals surface area contributed by atoms with Crippen LogP contribution in [0.4, 0.5) is 0 Å². The lowest BCUT2D eigenvalue weighted by molar-refractivity contribution is -0.0384. The Morgan fingerprint density at radius 1 is 1.35 bits per heavy atom. The summed E-state index contributed by atoms with van der Waals surface area (Å²) in [6, 6.07) is 0. The predicted octanol–water partition coefficient (Wildman–Crippen LogP) is -0.0350. The zero-order valence-electron chi connectivity index (χ0n) is 10.7. The van der Waals surface area contributed by atoms with Crippen molar-refractivity contribution in [3.05, 3.63) is 0 Å². The molecule has 1 atom stereocenters. The van der Waals surface area contributed by atoms with Crippen LogP contribution < -0.4 is 5.73 Å². The van der Waals surface area contributed by atoms with Gasteiger partial charge in [0.2, 0.25) is 0 Å². The Bertz CT molecular complexity index is 263. The number of amidine groups is 1. The van der Waals surface area contributed by atoms with Gasteiger partial charge in [0.25, 0.3) is 0 Å². The minimum Gasteiger partial charge on any atom is -0.387 e. The zero-order valence-corrected chi connectivity index (χ0v) is 10.7. The number of hydrogen-bond acceptors (Lipinski definition) is 4. The number of piperidine rings is 1. The molecule has 1 unspecified atom stereocenters. The zero-order chi connectivity index (χ0) is 12.3. The first-order valence-corrected chi connectivity index (χ1v) is 6.51. The summed E-state index contributed by atoms with van der Waals surface area (Å²) >= 11 is 0. The maximum atomic E-state index is 7.46. The first kappa shape index (κ1) is 12.8. The standard InChI is InChI=1S/C12H24N4O/c1-15-6-7-17-11(8-15)9-16-4-2-10(3-5-16)12(13)14/h10-11H,2-9H2,1H3,(H3,13,14). The molecule has 2 aliphatic heterocycles. The lowest BCUT2D eigenvalue weighted by Gasteiger charge is -2.36. The number of likely N-dealkylation sites (tertiary alicyclic amines) is 1. The minimum atomic E-state index is 0.307. The molecule has 2 aliphatic rings. The predicted molar refractivity (Wildman–Crippen MR) is 68.3 cm³/mol. The second-order valence-electron chi connectivity index (χ2n) is 5.29. The molecule has 2 rings (SSSR count). The number of likely N-dealkylation sites (N-methyl/N-ethyl adjacent to an activating group) is 1. The monoisotopic (exact) mass is 240 g/mol. The van der Waals surface area contributed by atoms with E-state index in [1.807, 2.05) is 0 Å². The molecule has 5 nitrogen and oxygen atoms in total. The first-order chi connectivity index (χ1) is 8.15. The van der Waals surface area contributed by atoms with E-state index in [1.54, 1.807) is 0 Å². The maximum Gasteiger partial charge on any atom is 0.0937 e. The highest BCUT2D eigenvalue weighted by Crippen LogP contribution is 2.17. The molecule has 2 saturated heterocycles. The van der Waals surface area contributed by atoms with Crippen molar-refractivity contribution in [1.82, 2.24) is 9.80 Å². The van der Waals surface area contributed by atoms with Gasteiger partial charge >= 0.3 is 0 Å². The molecule has 17 heavy (non-hydrogen) atoms. The summed E-state index contributed by atoms with van der Waals surface area (Å²) in [5.74, 6) is 0.666. The van der Waals surface area contributed by atoms with E-state index in [9.17, 15) is 0 Å². The van der Waals surface area contributed by atoms with Gasteiger partial charge in [0.15, 0.2) is 0 Å². The van der Waals surface area contributed by atoms with E-state index in [2.05, 4.69) is 16.8 Å². The highest BCUT2D eigenvalue weighted by molar-refractivity contribution is 5.79. The van der Waals surface area contributed by atoms with E-state index in [-0.39, 0.29) is 0 Å². The minimum absolute atomic E-state index is 0.307. The molecule has 0 aromatic heterocycles. The molecular formula is C12H24N4O. The summed E-state index contributed by atoms with van der Waals surface area (Å²) in [6.45, 7) is 6.05. The number of rotatable bonds is 3. The van der Waals surface area contributed by atoms with Gasteiger partial charge in [0.05, 0.1) is 18.5 Å². The van der Waals surface area contributed by atoms with Crippen LogP contribution in [0.15, 0.2) is 0 Å². The Kier molecular flexibility index (Phi) is 4.36. The lowest BCUT2D eigenvalue weighted by atomic mass is 9.95. The molecule has 0 amide bonds. The first-order valence-electron chi connectivity index (χ1n) is 6.51. The highest BCUT2D eigenvalue weighted by Gasteiger charge is 2.25. The molecule has 2 heterocycles. The van der Waals surface area contributed by atoms with Crippen molar-refractivity contribution in [2.45, 2.75) is 18.9 Å². The van der Waals surface area contributed by atoms with Crippen LogP contribution in [0.5, 0.6) is 0 Å². The Balaban J connectivity index is 1.72. The van der Waals surface area contributed by atoms with Gasteiger partial charge in [0, 0.05) is 25.6 Å². The summed E-state index contributed by atoms with van der Waals surface area (Å²) in [7, 11) is 2.15. The Morgan fingerprint density at radius 3 is 2.65 bits per heavy atom. The van der Waals surface area contributed by atoms with Gasteiger partial charge in [-0.3, -0.25) is 5.41 Å². The van der Waals surface area contributed by atoms with E-state index in [1.165, 1.54) is 0 Å². The number of nitrogens with zero attached hydrogens (tertiary/aromatic N) is 2. The lowest BCUT2D eigenvalue weighted by Crippen LogP contribution is -2.48. The Morgan fingerprint density at radius 2 is 2.06 bits per heavy atom. The number of morpholine rings is 1. The van der Waals surface area contributed by atoms with Crippen LogP contribution >= 0.6 is 0 Å². The number of hydrogen-bond donors (Lipinski definition) is 2. The summed E-state index contributed by atoms with van der Waals surface area (Å²) in [6.07, 6.45) is 2.40. The second-order valence-corrected chi connectivity index (χ2v) is 5.29. The molecule has 3 N–H and O–H groups in total. The van der Waals surface area contributed by atoms with Crippen LogP contribution in [-0.2, 0) is 4.74 Å². The summed E-state index contributed by atoms with van der Waals surface area (Å²) in [4.78, 5) is 4.78. The molecule has 0 aromatic rings. The molecule has 0 spiro atoms. The number of nitrogens with two attached hydrogens (primary N) is 1. The van der Waals surface area contributed by atoms with Crippen LogP contribution in [0.2, 0.25) is 0 Å². The average Bonchev–Trinajstić information content (AvgIpc) is 2.29. The molecule has 2 fully saturated rings. The van der Waals surface area contributed by atoms with Crippen LogP contribution in [0.25, 0.3) is 0 Å². The van der Waals surface area contributed by atoms with Crippen LogP contribution in [0.3, 0.4) is 0 Å². The topological polar surface area (TPSA) is 65.6 Å². The molecule has 0 saturated carbocycles. The number of nitrogens with one attached hydrogen (secondary N) is 1. The van der Waals surface area contributed by atoms with Gasteiger partial charge in [-0.2, -0.15) is 0 Å². The fourth-order valence-corrected chi connectivity index (χ4v) is 2.69. The largest absolute Gasteiger partial charge is 0.387 e. The quantitative estimate of drug-likeness (QED) is 0.537. The number of ether oxygens (including phenoxy) is 1. The SMILES string of the molecule is CN1CCOC(CN2CCC(C(=N)N)CC2)C1. The average molecular weight is 240 g/mol. The van der Waals surface area contributed by atoms with Crippen LogP contribution in [0, 0.1) is 11.3 Å². The van der Waals surface area contributed by atoms with Gasteiger partial charge in [-0.25, -0.2) is 0 Å². The fourth-order valence-electron chi connectivity index (χ4n) is 2.69. The maximum absolute atomic E-state index is 7.46. The molecule has 98 valence electrons. The van der Waals surface area contributed by atoms with Gasteiger partial charge in [0.1, 0.15) is 0 Å². The second kappa shape index (κ2) is 5.80. The Labute approximate surface area is 103 Å². The molecule has 0 aliphatic carbocycles. The van der Waals surface area contributed by atoms with Crippen molar-refractivity contribution in [3.8, 4) is 0 Å². The summed E-state index contributed by atoms with van der Waals surface area (Å²) < 4.78 is 5.78. The third kappa shape index (κ3) is 3.66. The van der Waals surface area contributed by atoms with Gasteiger partial charge in [-0.15, -0.1) is 0 Å². The molecule has 0 aromatic carbocycles. The van der Waals surface area contributed by atoms with E-state index in [4.69, 9.17) is 15.9 Å². The molecule has 5 heteroatoms. The van der Waals surface area contributed by atoms with Gasteiger partial charge < -0.3 is 20.3 Å². The molecule has 0 bridgehead atoms. The van der Waals surface area contributed by atoms with E-state index in [0.29, 0.717) is 17.9 Å². The summed E-state index contributed by atoms with van der Waals surface area (Å²) in [5.41, 5.74) is 5.55. The van der Waals surface area contributed by atoms with Crippen molar-refractivity contribution in [3.63, 3.8) is 0 Å². The van der Waals surface area contributed by atoms with Crippen molar-refractivity contribution in [1.29, 1.82) is 5.41 Å². The van der Waals surface area contributed by atoms with Gasteiger partial charge in [-0.05, 0) is 33.0 Å². The van der Waals surface area contributed by atoms with Crippen LogP contribution in [-0.4, -0.2) is 68.1 Å².